The van der Waals surface area contributed by atoms with Gasteiger partial charge in [0, 0.05) is 12.6 Å². The van der Waals surface area contributed by atoms with Gasteiger partial charge in [-0.25, -0.2) is 0 Å². The van der Waals surface area contributed by atoms with Crippen LogP contribution in [0, 0.1) is 12.3 Å². The first-order valence-corrected chi connectivity index (χ1v) is 20.4. The van der Waals surface area contributed by atoms with Crippen molar-refractivity contribution in [2.24, 2.45) is 0 Å². The number of rotatable bonds is 39. The molecule has 0 unspecified atom stereocenters. The van der Waals surface area contributed by atoms with E-state index in [9.17, 15) is 0 Å². The fraction of sp³-hybridized carbons (Fsp3) is 0.810. The summed E-state index contributed by atoms with van der Waals surface area (Å²) in [6.07, 6.45) is 21.0. The Labute approximate surface area is 322 Å². The van der Waals surface area contributed by atoms with Gasteiger partial charge in [-0.2, -0.15) is 0 Å². The van der Waals surface area contributed by atoms with Gasteiger partial charge >= 0.3 is 0 Å². The average Bonchev–Trinajstić information content (AvgIpc) is 3.60. The Bertz CT molecular complexity index is 880. The number of hydrogen-bond donors (Lipinski definition) is 2. The first-order chi connectivity index (χ1) is 26.3. The topological polar surface area (TPSA) is 115 Å². The van der Waals surface area contributed by atoms with E-state index in [-0.39, 0.29) is 6.61 Å². The van der Waals surface area contributed by atoms with Crippen LogP contribution in [-0.2, 0) is 49.1 Å². The van der Waals surface area contributed by atoms with Gasteiger partial charge in [-0.3, -0.25) is 5.32 Å². The van der Waals surface area contributed by atoms with E-state index in [2.05, 4.69) is 42.4 Å². The molecule has 1 atom stereocenters. The summed E-state index contributed by atoms with van der Waals surface area (Å²) in [4.78, 5) is 0. The number of terminal acetylenes is 1. The molecule has 1 aromatic carbocycles. The predicted molar refractivity (Wildman–Crippen MR) is 211 cm³/mol. The van der Waals surface area contributed by atoms with Crippen LogP contribution in [0.3, 0.4) is 0 Å². The molecule has 0 spiro atoms. The maximum Gasteiger partial charge on any atom is 0.0701 e. The minimum absolute atomic E-state index is 0.0325. The highest BCUT2D eigenvalue weighted by molar-refractivity contribution is 5.34. The zero-order valence-electron chi connectivity index (χ0n) is 33.2. The molecule has 53 heavy (non-hydrogen) atoms. The highest BCUT2D eigenvalue weighted by Crippen LogP contribution is 2.30. The third kappa shape index (κ3) is 33.4. The maximum atomic E-state index is 8.57. The van der Waals surface area contributed by atoms with Crippen LogP contribution in [0.15, 0.2) is 24.3 Å². The van der Waals surface area contributed by atoms with Gasteiger partial charge < -0.3 is 47.7 Å². The van der Waals surface area contributed by atoms with Crippen molar-refractivity contribution in [2.45, 2.75) is 90.0 Å². The van der Waals surface area contributed by atoms with Crippen LogP contribution in [0.1, 0.15) is 94.7 Å². The van der Waals surface area contributed by atoms with Crippen LogP contribution >= 0.6 is 0 Å². The van der Waals surface area contributed by atoms with Crippen molar-refractivity contribution < 1.29 is 47.7 Å². The van der Waals surface area contributed by atoms with Crippen molar-refractivity contribution in [3.8, 4) is 12.3 Å². The Balaban J connectivity index is 0.000000888. The maximum absolute atomic E-state index is 8.57. The lowest BCUT2D eigenvalue weighted by Crippen LogP contribution is -2.19. The van der Waals surface area contributed by atoms with E-state index in [1.54, 1.807) is 0 Å². The van der Waals surface area contributed by atoms with Crippen LogP contribution in [-0.4, -0.2) is 137 Å². The zero-order chi connectivity index (χ0) is 38.0. The first kappa shape index (κ1) is 49.4. The Morgan fingerprint density at radius 2 is 0.925 bits per heavy atom. The highest BCUT2D eigenvalue weighted by Gasteiger charge is 2.20. The fourth-order valence-electron chi connectivity index (χ4n) is 5.57. The molecule has 2 rings (SSSR count). The third-order valence-electron chi connectivity index (χ3n) is 8.44. The number of aliphatic hydroxyl groups excluding tert-OH is 1. The van der Waals surface area contributed by atoms with E-state index in [1.807, 2.05) is 0 Å². The number of nitrogens with one attached hydrogen (secondary N) is 1. The largest absolute Gasteiger partial charge is 0.394 e. The second kappa shape index (κ2) is 41.5. The molecule has 11 nitrogen and oxygen atoms in total. The standard InChI is InChI=1S/C30H62O10.C12H13N/c1-2-3-4-5-6-7-8-9-10-11-13-32-15-17-34-19-21-36-23-25-38-27-29-40-30-28-39-26-24-37-22-20-35-18-16-33-14-12-31;1-2-9-13-12-8-7-10-5-3-4-6-11(10)12/h31H,2-30H2,1H3;1,3-6,12-13H,7-9H2/t;12-/m.1/s1. The van der Waals surface area contributed by atoms with Crippen LogP contribution in [0.5, 0.6) is 0 Å². The van der Waals surface area contributed by atoms with E-state index >= 15 is 0 Å². The van der Waals surface area contributed by atoms with Gasteiger partial charge in [0.1, 0.15) is 0 Å². The van der Waals surface area contributed by atoms with Crippen LogP contribution in [0.4, 0.5) is 0 Å². The van der Waals surface area contributed by atoms with Gasteiger partial charge in [-0.05, 0) is 30.4 Å². The molecular formula is C42H75NO10. The molecule has 0 radical (unpaired) electrons. The van der Waals surface area contributed by atoms with Crippen LogP contribution in [0.25, 0.3) is 0 Å². The lowest BCUT2D eigenvalue weighted by molar-refractivity contribution is -0.0255. The smallest absolute Gasteiger partial charge is 0.0701 e. The highest BCUT2D eigenvalue weighted by atomic mass is 16.6. The zero-order valence-corrected chi connectivity index (χ0v) is 33.2. The summed E-state index contributed by atoms with van der Waals surface area (Å²) in [6.45, 7) is 12.8. The summed E-state index contributed by atoms with van der Waals surface area (Å²) in [5.41, 5.74) is 2.90. The quantitative estimate of drug-likeness (QED) is 0.0615. The number of benzene rings is 1. The number of aryl methyl sites for hydroxylation is 1. The summed E-state index contributed by atoms with van der Waals surface area (Å²) >= 11 is 0. The van der Waals surface area contributed by atoms with Gasteiger partial charge in [-0.1, -0.05) is 94.9 Å². The molecule has 0 saturated heterocycles. The van der Waals surface area contributed by atoms with Crippen molar-refractivity contribution in [1.29, 1.82) is 0 Å². The number of aliphatic hydroxyl groups is 1. The molecule has 0 heterocycles. The van der Waals surface area contributed by atoms with Gasteiger partial charge in [0.25, 0.3) is 0 Å². The molecule has 1 aliphatic rings. The van der Waals surface area contributed by atoms with Crippen molar-refractivity contribution in [2.75, 3.05) is 132 Å². The SMILES string of the molecule is C#CCN[C@@H]1CCc2ccccc21.CCCCCCCCCCCCOCCOCCOCCOCCOCCOCCOCCOCCOCCO. The average molecular weight is 754 g/mol. The molecular weight excluding hydrogens is 678 g/mol. The summed E-state index contributed by atoms with van der Waals surface area (Å²) in [7, 11) is 0. The minimum atomic E-state index is 0.0325. The molecule has 0 bridgehead atoms. The predicted octanol–water partition coefficient (Wildman–Crippen LogP) is 5.95. The van der Waals surface area contributed by atoms with E-state index in [4.69, 9.17) is 54.2 Å². The third-order valence-corrected chi connectivity index (χ3v) is 8.44. The second-order valence-electron chi connectivity index (χ2n) is 12.8. The lowest BCUT2D eigenvalue weighted by atomic mass is 10.1. The molecule has 308 valence electrons. The second-order valence-corrected chi connectivity index (χ2v) is 12.8. The van der Waals surface area contributed by atoms with Crippen LogP contribution < -0.4 is 5.32 Å². The number of ether oxygens (including phenoxy) is 9. The Morgan fingerprint density at radius 3 is 1.34 bits per heavy atom. The molecule has 11 heteroatoms. The van der Waals surface area contributed by atoms with Crippen molar-refractivity contribution in [3.05, 3.63) is 35.4 Å². The first-order valence-electron chi connectivity index (χ1n) is 20.4. The molecule has 2 N–H and O–H groups in total. The van der Waals surface area contributed by atoms with Crippen molar-refractivity contribution in [1.82, 2.24) is 5.32 Å². The van der Waals surface area contributed by atoms with Crippen molar-refractivity contribution >= 4 is 0 Å². The monoisotopic (exact) mass is 754 g/mol. The van der Waals surface area contributed by atoms with Crippen LogP contribution in [0.2, 0.25) is 0 Å². The van der Waals surface area contributed by atoms with E-state index in [0.717, 1.165) is 13.0 Å². The minimum Gasteiger partial charge on any atom is -0.394 e. The lowest BCUT2D eigenvalue weighted by Gasteiger charge is -2.10. The Kier molecular flexibility index (Phi) is 38.7. The fourth-order valence-corrected chi connectivity index (χ4v) is 5.57. The van der Waals surface area contributed by atoms with Crippen molar-refractivity contribution in [3.63, 3.8) is 0 Å². The summed E-state index contributed by atoms with van der Waals surface area (Å²) in [6, 6.07) is 9.06. The van der Waals surface area contributed by atoms with E-state index in [0.29, 0.717) is 125 Å². The summed E-state index contributed by atoms with van der Waals surface area (Å²) in [5.74, 6) is 2.61. The van der Waals surface area contributed by atoms with E-state index in [1.165, 1.54) is 81.8 Å². The Hall–Kier alpha value is -1.66. The van der Waals surface area contributed by atoms with Gasteiger partial charge in [0.2, 0.25) is 0 Å². The number of hydrogen-bond acceptors (Lipinski definition) is 11. The molecule has 0 fully saturated rings. The van der Waals surface area contributed by atoms with E-state index < -0.39 is 0 Å². The molecule has 1 aliphatic carbocycles. The van der Waals surface area contributed by atoms with Gasteiger partial charge in [-0.15, -0.1) is 6.42 Å². The van der Waals surface area contributed by atoms with Gasteiger partial charge in [0.15, 0.2) is 0 Å². The molecule has 0 aliphatic heterocycles. The number of unbranched alkanes of at least 4 members (excludes halogenated alkanes) is 9. The molecule has 0 aromatic heterocycles. The normalized spacial score (nSPS) is 13.5. The Morgan fingerprint density at radius 1 is 0.547 bits per heavy atom. The molecule has 1 aromatic rings. The van der Waals surface area contributed by atoms with Gasteiger partial charge in [0.05, 0.1) is 125 Å². The summed E-state index contributed by atoms with van der Waals surface area (Å²) in [5, 5.41) is 11.9. The summed E-state index contributed by atoms with van der Waals surface area (Å²) < 4.78 is 48.9. The molecule has 0 amide bonds. The molecule has 0 saturated carbocycles. The number of fused-ring (bicyclic) bond motifs is 1.